The lowest BCUT2D eigenvalue weighted by molar-refractivity contribution is -0.227. The molecule has 132 valence electrons. The van der Waals surface area contributed by atoms with Gasteiger partial charge in [0.1, 0.15) is 5.69 Å². The van der Waals surface area contributed by atoms with Crippen LogP contribution in [-0.2, 0) is 4.79 Å². The summed E-state index contributed by atoms with van der Waals surface area (Å²) in [4.78, 5) is 38.9. The molecule has 0 radical (unpaired) electrons. The van der Waals surface area contributed by atoms with Gasteiger partial charge in [-0.25, -0.2) is 0 Å². The van der Waals surface area contributed by atoms with Crippen LogP contribution in [0.5, 0.6) is 0 Å². The van der Waals surface area contributed by atoms with Gasteiger partial charge in [0.05, 0.1) is 0 Å². The molecular weight excluding hydrogens is 329 g/mol. The number of hydrogen-bond acceptors (Lipinski definition) is 3. The van der Waals surface area contributed by atoms with E-state index in [1.54, 1.807) is 6.92 Å². The zero-order valence-electron chi connectivity index (χ0n) is 13.4. The zero-order valence-corrected chi connectivity index (χ0v) is 13.4. The maximum absolute atomic E-state index is 13.2. The number of carbonyl (C=O) groups excluding carboxylic acids is 2. The van der Waals surface area contributed by atoms with Gasteiger partial charge in [-0.1, -0.05) is 0 Å². The van der Waals surface area contributed by atoms with Crippen molar-refractivity contribution in [2.24, 2.45) is 5.41 Å². The number of aliphatic carboxylic acids is 1. The standard InChI is InChI=1S/C15H17F3N2O4/c1-7-10(9(3)21)8(2)19-11(7)12(22)20-5-4-14(6-20,13(23)24)15(16,17)18/h19H,4-6H2,1-3H3,(H,23,24)/t14-/m1/s1. The van der Waals surface area contributed by atoms with Crippen molar-refractivity contribution in [1.82, 2.24) is 9.88 Å². The first-order valence-electron chi connectivity index (χ1n) is 7.22. The Bertz CT molecular complexity index is 723. The highest BCUT2D eigenvalue weighted by molar-refractivity contribution is 6.02. The monoisotopic (exact) mass is 346 g/mol. The van der Waals surface area contributed by atoms with Gasteiger partial charge in [-0.2, -0.15) is 13.2 Å². The summed E-state index contributed by atoms with van der Waals surface area (Å²) in [6.45, 7) is 3.17. The van der Waals surface area contributed by atoms with E-state index < -0.39 is 36.4 Å². The molecule has 24 heavy (non-hydrogen) atoms. The number of ketones is 1. The highest BCUT2D eigenvalue weighted by Gasteiger charge is 2.64. The Labute approximate surface area is 135 Å². The van der Waals surface area contributed by atoms with Crippen LogP contribution in [0.2, 0.25) is 0 Å². The van der Waals surface area contributed by atoms with Crippen LogP contribution < -0.4 is 0 Å². The molecule has 1 fully saturated rings. The molecule has 0 aromatic carbocycles. The highest BCUT2D eigenvalue weighted by Crippen LogP contribution is 2.46. The third kappa shape index (κ3) is 2.57. The van der Waals surface area contributed by atoms with Crippen LogP contribution in [0.4, 0.5) is 13.2 Å². The minimum absolute atomic E-state index is 0.0149. The number of carboxylic acid groups (broad SMARTS) is 1. The molecule has 2 heterocycles. The summed E-state index contributed by atoms with van der Waals surface area (Å²) in [6, 6.07) is 0. The van der Waals surface area contributed by atoms with Gasteiger partial charge in [-0.15, -0.1) is 0 Å². The van der Waals surface area contributed by atoms with Crippen LogP contribution in [0, 0.1) is 19.3 Å². The van der Waals surface area contributed by atoms with E-state index in [0.29, 0.717) is 16.8 Å². The van der Waals surface area contributed by atoms with E-state index >= 15 is 0 Å². The first-order valence-corrected chi connectivity index (χ1v) is 7.22. The van der Waals surface area contributed by atoms with Crippen molar-refractivity contribution in [1.29, 1.82) is 0 Å². The van der Waals surface area contributed by atoms with E-state index in [0.717, 1.165) is 4.90 Å². The molecule has 1 saturated heterocycles. The Morgan fingerprint density at radius 2 is 1.83 bits per heavy atom. The predicted octanol–water partition coefficient (Wildman–Crippen LogP) is 2.31. The number of aryl methyl sites for hydroxylation is 1. The fourth-order valence-corrected chi connectivity index (χ4v) is 3.16. The summed E-state index contributed by atoms with van der Waals surface area (Å²) in [7, 11) is 0. The quantitative estimate of drug-likeness (QED) is 0.822. The Morgan fingerprint density at radius 3 is 2.21 bits per heavy atom. The number of carbonyl (C=O) groups is 3. The fraction of sp³-hybridized carbons (Fsp3) is 0.533. The molecule has 1 aliphatic heterocycles. The molecule has 0 saturated carbocycles. The van der Waals surface area contributed by atoms with Crippen LogP contribution in [0.25, 0.3) is 0 Å². The van der Waals surface area contributed by atoms with Crippen molar-refractivity contribution in [2.45, 2.75) is 33.4 Å². The molecule has 1 aromatic heterocycles. The summed E-state index contributed by atoms with van der Waals surface area (Å²) in [5.74, 6) is -3.00. The lowest BCUT2D eigenvalue weighted by Crippen LogP contribution is -2.47. The number of likely N-dealkylation sites (tertiary alicyclic amines) is 1. The number of alkyl halides is 3. The number of nitrogens with one attached hydrogen (secondary N) is 1. The maximum Gasteiger partial charge on any atom is 0.406 e. The first-order chi connectivity index (χ1) is 10.9. The topological polar surface area (TPSA) is 90.5 Å². The van der Waals surface area contributed by atoms with E-state index in [1.807, 2.05) is 0 Å². The van der Waals surface area contributed by atoms with Gasteiger partial charge in [0.15, 0.2) is 11.2 Å². The van der Waals surface area contributed by atoms with Gasteiger partial charge in [-0.05, 0) is 32.8 Å². The summed E-state index contributed by atoms with van der Waals surface area (Å²) < 4.78 is 39.6. The van der Waals surface area contributed by atoms with Crippen molar-refractivity contribution in [3.05, 3.63) is 22.5 Å². The number of halogens is 3. The summed E-state index contributed by atoms with van der Waals surface area (Å²) in [5.41, 5.74) is -1.83. The fourth-order valence-electron chi connectivity index (χ4n) is 3.16. The second-order valence-electron chi connectivity index (χ2n) is 6.04. The van der Waals surface area contributed by atoms with Gasteiger partial charge < -0.3 is 15.0 Å². The second-order valence-corrected chi connectivity index (χ2v) is 6.04. The normalized spacial score (nSPS) is 21.2. The van der Waals surface area contributed by atoms with Crippen molar-refractivity contribution < 1.29 is 32.7 Å². The van der Waals surface area contributed by atoms with E-state index in [4.69, 9.17) is 5.11 Å². The Kier molecular flexibility index (Phi) is 4.24. The maximum atomic E-state index is 13.2. The largest absolute Gasteiger partial charge is 0.481 e. The lowest BCUT2D eigenvalue weighted by Gasteiger charge is -2.27. The SMILES string of the molecule is CC(=O)c1c(C)[nH]c(C(=O)N2CC[C@@](C(=O)O)(C(F)(F)F)C2)c1C. The summed E-state index contributed by atoms with van der Waals surface area (Å²) >= 11 is 0. The summed E-state index contributed by atoms with van der Waals surface area (Å²) in [6.07, 6.45) is -5.66. The smallest absolute Gasteiger partial charge is 0.406 e. The Balaban J connectivity index is 2.35. The molecule has 1 aliphatic rings. The molecule has 9 heteroatoms. The molecule has 0 spiro atoms. The molecule has 0 bridgehead atoms. The zero-order chi connectivity index (χ0) is 18.4. The van der Waals surface area contributed by atoms with Gasteiger partial charge in [0, 0.05) is 24.3 Å². The van der Waals surface area contributed by atoms with E-state index in [1.165, 1.54) is 13.8 Å². The van der Waals surface area contributed by atoms with Crippen LogP contribution in [-0.4, -0.2) is 51.9 Å². The van der Waals surface area contributed by atoms with E-state index in [-0.39, 0.29) is 18.0 Å². The number of Topliss-reactive ketones (excluding diaryl/α,β-unsaturated/α-hetero) is 1. The third-order valence-corrected chi connectivity index (χ3v) is 4.51. The average Bonchev–Trinajstić information content (AvgIpc) is 3.00. The number of amides is 1. The minimum atomic E-state index is -4.96. The molecule has 1 aromatic rings. The van der Waals surface area contributed by atoms with Gasteiger partial charge >= 0.3 is 12.1 Å². The first kappa shape index (κ1) is 18.0. The minimum Gasteiger partial charge on any atom is -0.481 e. The third-order valence-electron chi connectivity index (χ3n) is 4.51. The summed E-state index contributed by atoms with van der Waals surface area (Å²) in [5, 5.41) is 9.03. The van der Waals surface area contributed by atoms with Gasteiger partial charge in [0.25, 0.3) is 5.91 Å². The van der Waals surface area contributed by atoms with Crippen molar-refractivity contribution >= 4 is 17.7 Å². The van der Waals surface area contributed by atoms with Crippen molar-refractivity contribution in [3.63, 3.8) is 0 Å². The molecule has 6 nitrogen and oxygen atoms in total. The van der Waals surface area contributed by atoms with Crippen molar-refractivity contribution in [2.75, 3.05) is 13.1 Å². The molecule has 1 amide bonds. The number of aromatic amines is 1. The van der Waals surface area contributed by atoms with Gasteiger partial charge in [0.2, 0.25) is 0 Å². The van der Waals surface area contributed by atoms with Crippen molar-refractivity contribution in [3.8, 4) is 0 Å². The highest BCUT2D eigenvalue weighted by atomic mass is 19.4. The van der Waals surface area contributed by atoms with Crippen LogP contribution in [0.1, 0.15) is 45.4 Å². The van der Waals surface area contributed by atoms with Crippen LogP contribution in [0.3, 0.4) is 0 Å². The predicted molar refractivity (Wildman–Crippen MR) is 76.9 cm³/mol. The Morgan fingerprint density at radius 1 is 1.25 bits per heavy atom. The van der Waals surface area contributed by atoms with Crippen LogP contribution >= 0.6 is 0 Å². The number of hydrogen-bond donors (Lipinski definition) is 2. The number of H-pyrrole nitrogens is 1. The number of rotatable bonds is 3. The molecule has 2 N–H and O–H groups in total. The number of aromatic nitrogens is 1. The molecule has 0 unspecified atom stereocenters. The lowest BCUT2D eigenvalue weighted by atomic mass is 9.86. The molecule has 0 aliphatic carbocycles. The molecule has 2 rings (SSSR count). The van der Waals surface area contributed by atoms with Gasteiger partial charge in [-0.3, -0.25) is 14.4 Å². The number of carboxylic acids is 1. The number of nitrogens with zero attached hydrogens (tertiary/aromatic N) is 1. The van der Waals surface area contributed by atoms with E-state index in [9.17, 15) is 27.6 Å². The molecule has 1 atom stereocenters. The molecular formula is C15H17F3N2O4. The van der Waals surface area contributed by atoms with Crippen LogP contribution in [0.15, 0.2) is 0 Å². The Hall–Kier alpha value is -2.32. The average molecular weight is 346 g/mol. The van der Waals surface area contributed by atoms with E-state index in [2.05, 4.69) is 4.98 Å². The second kappa shape index (κ2) is 5.64.